The van der Waals surface area contributed by atoms with Crippen LogP contribution in [-0.2, 0) is 0 Å². The van der Waals surface area contributed by atoms with Crippen LogP contribution in [0, 0.1) is 11.8 Å². The molecule has 0 bridgehead atoms. The number of thiocarbonyl (C=S) groups is 1. The van der Waals surface area contributed by atoms with E-state index < -0.39 is 0 Å². The largest absolute Gasteiger partial charge is 0.388 e. The minimum absolute atomic E-state index is 0.350. The van der Waals surface area contributed by atoms with Gasteiger partial charge in [0.2, 0.25) is 0 Å². The number of nitrogens with two attached hydrogens (primary N) is 1. The molecule has 0 saturated heterocycles. The number of nitrogens with zero attached hydrogens (tertiary/aromatic N) is 1. The molecule has 2 rings (SSSR count). The first-order valence-corrected chi connectivity index (χ1v) is 7.05. The van der Waals surface area contributed by atoms with Gasteiger partial charge in [-0.1, -0.05) is 32.0 Å². The van der Waals surface area contributed by atoms with Crippen molar-refractivity contribution in [3.8, 4) is 0 Å². The summed E-state index contributed by atoms with van der Waals surface area (Å²) in [6.07, 6.45) is 7.24. The molecule has 1 aromatic rings. The van der Waals surface area contributed by atoms with Crippen LogP contribution in [0.1, 0.15) is 38.3 Å². The summed E-state index contributed by atoms with van der Waals surface area (Å²) in [5.41, 5.74) is 7.25. The van der Waals surface area contributed by atoms with Crippen LogP contribution >= 0.6 is 12.2 Å². The SMILES string of the molecule is CC1CCCC(CNc2ccc(C(N)=S)nc2)C1. The molecule has 1 fully saturated rings. The maximum Gasteiger partial charge on any atom is 0.122 e. The molecule has 4 heteroatoms. The van der Waals surface area contributed by atoms with Gasteiger partial charge in [0, 0.05) is 6.54 Å². The second-order valence-corrected chi connectivity index (χ2v) is 5.75. The lowest BCUT2D eigenvalue weighted by Crippen LogP contribution is -2.21. The summed E-state index contributed by atoms with van der Waals surface area (Å²) >= 11 is 4.88. The van der Waals surface area contributed by atoms with Gasteiger partial charge in [0.05, 0.1) is 17.6 Å². The standard InChI is InChI=1S/C14H21N3S/c1-10-3-2-4-11(7-10)8-16-12-5-6-13(14(15)18)17-9-12/h5-6,9-11,16H,2-4,7-8H2,1H3,(H2,15,18). The predicted octanol–water partition coefficient (Wildman–Crippen LogP) is 2.95. The summed E-state index contributed by atoms with van der Waals surface area (Å²) in [5, 5.41) is 3.45. The lowest BCUT2D eigenvalue weighted by Gasteiger charge is -2.27. The molecule has 0 amide bonds. The normalized spacial score (nSPS) is 23.6. The Balaban J connectivity index is 1.84. The third kappa shape index (κ3) is 3.67. The zero-order chi connectivity index (χ0) is 13.0. The van der Waals surface area contributed by atoms with Crippen molar-refractivity contribution in [2.75, 3.05) is 11.9 Å². The minimum atomic E-state index is 0.350. The molecule has 0 aliphatic heterocycles. The molecule has 18 heavy (non-hydrogen) atoms. The van der Waals surface area contributed by atoms with Crippen molar-refractivity contribution in [3.63, 3.8) is 0 Å². The Morgan fingerprint density at radius 3 is 2.94 bits per heavy atom. The molecule has 3 N–H and O–H groups in total. The van der Waals surface area contributed by atoms with E-state index in [1.54, 1.807) is 6.20 Å². The van der Waals surface area contributed by atoms with Crippen LogP contribution in [0.4, 0.5) is 5.69 Å². The highest BCUT2D eigenvalue weighted by atomic mass is 32.1. The number of hydrogen-bond donors (Lipinski definition) is 2. The first-order chi connectivity index (χ1) is 8.65. The van der Waals surface area contributed by atoms with Gasteiger partial charge < -0.3 is 11.1 Å². The molecule has 3 nitrogen and oxygen atoms in total. The average molecular weight is 263 g/mol. The van der Waals surface area contributed by atoms with Gasteiger partial charge in [0.25, 0.3) is 0 Å². The number of rotatable bonds is 4. The fourth-order valence-corrected chi connectivity index (χ4v) is 2.77. The maximum absolute atomic E-state index is 5.52. The van der Waals surface area contributed by atoms with Crippen LogP contribution in [0.3, 0.4) is 0 Å². The Morgan fingerprint density at radius 1 is 1.50 bits per heavy atom. The van der Waals surface area contributed by atoms with E-state index in [-0.39, 0.29) is 0 Å². The van der Waals surface area contributed by atoms with E-state index in [2.05, 4.69) is 17.2 Å². The maximum atomic E-state index is 5.52. The first-order valence-electron chi connectivity index (χ1n) is 6.65. The highest BCUT2D eigenvalue weighted by Gasteiger charge is 2.18. The lowest BCUT2D eigenvalue weighted by molar-refractivity contribution is 0.293. The Kier molecular flexibility index (Phi) is 4.53. The van der Waals surface area contributed by atoms with Gasteiger partial charge in [0.15, 0.2) is 0 Å². The molecular weight excluding hydrogens is 242 g/mol. The topological polar surface area (TPSA) is 50.9 Å². The van der Waals surface area contributed by atoms with Crippen molar-refractivity contribution >= 4 is 22.9 Å². The Hall–Kier alpha value is -1.16. The molecule has 1 heterocycles. The highest BCUT2D eigenvalue weighted by Crippen LogP contribution is 2.28. The van der Waals surface area contributed by atoms with E-state index in [1.165, 1.54) is 25.7 Å². The summed E-state index contributed by atoms with van der Waals surface area (Å²) in [7, 11) is 0. The number of nitrogens with one attached hydrogen (secondary N) is 1. The Labute approximate surface area is 114 Å². The van der Waals surface area contributed by atoms with E-state index in [4.69, 9.17) is 18.0 Å². The van der Waals surface area contributed by atoms with Crippen molar-refractivity contribution in [3.05, 3.63) is 24.0 Å². The summed E-state index contributed by atoms with van der Waals surface area (Å²) in [4.78, 5) is 4.58. The van der Waals surface area contributed by atoms with Crippen LogP contribution < -0.4 is 11.1 Å². The van der Waals surface area contributed by atoms with Crippen molar-refractivity contribution in [1.82, 2.24) is 4.98 Å². The zero-order valence-corrected chi connectivity index (χ0v) is 11.7. The molecule has 0 radical (unpaired) electrons. The summed E-state index contributed by atoms with van der Waals surface area (Å²) in [6.45, 7) is 3.39. The van der Waals surface area contributed by atoms with E-state index >= 15 is 0 Å². The minimum Gasteiger partial charge on any atom is -0.388 e. The molecule has 1 aliphatic carbocycles. The lowest BCUT2D eigenvalue weighted by atomic mass is 9.82. The van der Waals surface area contributed by atoms with E-state index in [9.17, 15) is 0 Å². The third-order valence-electron chi connectivity index (χ3n) is 3.66. The molecular formula is C14H21N3S. The summed E-state index contributed by atoms with van der Waals surface area (Å²) in [5.74, 6) is 1.67. The number of hydrogen-bond acceptors (Lipinski definition) is 3. The molecule has 1 aliphatic rings. The monoisotopic (exact) mass is 263 g/mol. The summed E-state index contributed by atoms with van der Waals surface area (Å²) < 4.78 is 0. The third-order valence-corrected chi connectivity index (χ3v) is 3.86. The molecule has 0 aromatic carbocycles. The molecule has 2 unspecified atom stereocenters. The molecule has 2 atom stereocenters. The van der Waals surface area contributed by atoms with Crippen LogP contribution in [0.25, 0.3) is 0 Å². The van der Waals surface area contributed by atoms with Gasteiger partial charge >= 0.3 is 0 Å². The van der Waals surface area contributed by atoms with Gasteiger partial charge in [-0.3, -0.25) is 4.98 Å². The second-order valence-electron chi connectivity index (χ2n) is 5.32. The van der Waals surface area contributed by atoms with Gasteiger partial charge in [-0.15, -0.1) is 0 Å². The van der Waals surface area contributed by atoms with Crippen molar-refractivity contribution in [1.29, 1.82) is 0 Å². The molecule has 1 aromatic heterocycles. The van der Waals surface area contributed by atoms with Gasteiger partial charge in [0.1, 0.15) is 4.99 Å². The van der Waals surface area contributed by atoms with Crippen molar-refractivity contribution in [2.24, 2.45) is 17.6 Å². The van der Waals surface area contributed by atoms with Crippen molar-refractivity contribution in [2.45, 2.75) is 32.6 Å². The first kappa shape index (κ1) is 13.3. The molecule has 1 saturated carbocycles. The zero-order valence-electron chi connectivity index (χ0n) is 10.9. The number of pyridine rings is 1. The van der Waals surface area contributed by atoms with Crippen LogP contribution in [0.5, 0.6) is 0 Å². The predicted molar refractivity (Wildman–Crippen MR) is 79.7 cm³/mol. The second kappa shape index (κ2) is 6.14. The smallest absolute Gasteiger partial charge is 0.122 e. The van der Waals surface area contributed by atoms with Crippen LogP contribution in [0.15, 0.2) is 18.3 Å². The Bertz CT molecular complexity index is 402. The molecule has 98 valence electrons. The summed E-state index contributed by atoms with van der Waals surface area (Å²) in [6, 6.07) is 3.86. The van der Waals surface area contributed by atoms with E-state index in [1.807, 2.05) is 12.1 Å². The van der Waals surface area contributed by atoms with Gasteiger partial charge in [-0.2, -0.15) is 0 Å². The molecule has 0 spiro atoms. The quantitative estimate of drug-likeness (QED) is 0.820. The fraction of sp³-hybridized carbons (Fsp3) is 0.571. The van der Waals surface area contributed by atoms with Crippen molar-refractivity contribution < 1.29 is 0 Å². The number of aromatic nitrogens is 1. The fourth-order valence-electron chi connectivity index (χ4n) is 2.65. The average Bonchev–Trinajstić information content (AvgIpc) is 2.37. The van der Waals surface area contributed by atoms with Crippen LogP contribution in [-0.4, -0.2) is 16.5 Å². The van der Waals surface area contributed by atoms with E-state index in [0.717, 1.165) is 24.1 Å². The van der Waals surface area contributed by atoms with Gasteiger partial charge in [-0.25, -0.2) is 0 Å². The van der Waals surface area contributed by atoms with Crippen LogP contribution in [0.2, 0.25) is 0 Å². The van der Waals surface area contributed by atoms with E-state index in [0.29, 0.717) is 10.7 Å². The number of anilines is 1. The van der Waals surface area contributed by atoms with Gasteiger partial charge in [-0.05, 0) is 36.8 Å². The Morgan fingerprint density at radius 2 is 2.33 bits per heavy atom. The highest BCUT2D eigenvalue weighted by molar-refractivity contribution is 7.80.